The molecule has 1 aromatic carbocycles. The van der Waals surface area contributed by atoms with E-state index in [1.165, 1.54) is 13.3 Å². The molecule has 0 atom stereocenters. The van der Waals surface area contributed by atoms with Gasteiger partial charge in [0.1, 0.15) is 5.75 Å². The molecule has 0 radical (unpaired) electrons. The standard InChI is InChI=1S/C15H17ClFN5O/c1-23-13-3-2-10(8-11(13)16)20-14-12(17)9-19-15(21-14)22-6-4-18-5-7-22/h2-3,8-9,18H,4-7H2,1H3,(H,19,20,21). The quantitative estimate of drug-likeness (QED) is 0.893. The lowest BCUT2D eigenvalue weighted by Gasteiger charge is -2.27. The number of hydrogen-bond donors (Lipinski definition) is 2. The number of methoxy groups -OCH3 is 1. The topological polar surface area (TPSA) is 62.3 Å². The molecule has 8 heteroatoms. The minimum atomic E-state index is -0.518. The summed E-state index contributed by atoms with van der Waals surface area (Å²) >= 11 is 6.08. The van der Waals surface area contributed by atoms with Crippen molar-refractivity contribution in [3.63, 3.8) is 0 Å². The second kappa shape index (κ2) is 6.97. The molecular formula is C15H17ClFN5O. The van der Waals surface area contributed by atoms with E-state index in [2.05, 4.69) is 20.6 Å². The third-order valence-electron chi connectivity index (χ3n) is 3.55. The van der Waals surface area contributed by atoms with Gasteiger partial charge in [0.25, 0.3) is 0 Å². The molecule has 0 unspecified atom stereocenters. The van der Waals surface area contributed by atoms with Crippen molar-refractivity contribution in [3.05, 3.63) is 35.2 Å². The van der Waals surface area contributed by atoms with Crippen molar-refractivity contribution in [3.8, 4) is 5.75 Å². The van der Waals surface area contributed by atoms with Gasteiger partial charge in [0.2, 0.25) is 5.95 Å². The zero-order chi connectivity index (χ0) is 16.2. The second-order valence-corrected chi connectivity index (χ2v) is 5.49. The Balaban J connectivity index is 1.82. The third kappa shape index (κ3) is 3.62. The van der Waals surface area contributed by atoms with E-state index in [4.69, 9.17) is 16.3 Å². The average Bonchev–Trinajstić information content (AvgIpc) is 2.58. The molecule has 3 rings (SSSR count). The summed E-state index contributed by atoms with van der Waals surface area (Å²) in [5, 5.41) is 6.63. The van der Waals surface area contributed by atoms with Crippen molar-refractivity contribution in [2.24, 2.45) is 0 Å². The van der Waals surface area contributed by atoms with Gasteiger partial charge in [0.05, 0.1) is 18.3 Å². The zero-order valence-corrected chi connectivity index (χ0v) is 13.4. The van der Waals surface area contributed by atoms with Crippen LogP contribution >= 0.6 is 11.6 Å². The SMILES string of the molecule is COc1ccc(Nc2nc(N3CCNCC3)ncc2F)cc1Cl. The Labute approximate surface area is 138 Å². The van der Waals surface area contributed by atoms with Crippen molar-refractivity contribution < 1.29 is 9.13 Å². The van der Waals surface area contributed by atoms with Crippen molar-refractivity contribution in [1.29, 1.82) is 0 Å². The highest BCUT2D eigenvalue weighted by Crippen LogP contribution is 2.29. The Kier molecular flexibility index (Phi) is 4.78. The number of nitrogens with one attached hydrogen (secondary N) is 2. The van der Waals surface area contributed by atoms with Crippen LogP contribution in [0.25, 0.3) is 0 Å². The first kappa shape index (κ1) is 15.8. The molecule has 2 N–H and O–H groups in total. The highest BCUT2D eigenvalue weighted by Gasteiger charge is 2.16. The summed E-state index contributed by atoms with van der Waals surface area (Å²) < 4.78 is 19.1. The summed E-state index contributed by atoms with van der Waals surface area (Å²) in [4.78, 5) is 10.4. The highest BCUT2D eigenvalue weighted by molar-refractivity contribution is 6.32. The van der Waals surface area contributed by atoms with Gasteiger partial charge in [-0.05, 0) is 18.2 Å². The number of ether oxygens (including phenoxy) is 1. The van der Waals surface area contributed by atoms with E-state index in [-0.39, 0.29) is 5.82 Å². The Morgan fingerprint density at radius 1 is 1.35 bits per heavy atom. The molecule has 0 amide bonds. The molecule has 0 spiro atoms. The van der Waals surface area contributed by atoms with Crippen LogP contribution in [0.5, 0.6) is 5.75 Å². The summed E-state index contributed by atoms with van der Waals surface area (Å²) in [6.07, 6.45) is 1.18. The number of rotatable bonds is 4. The summed E-state index contributed by atoms with van der Waals surface area (Å²) in [6, 6.07) is 5.12. The third-order valence-corrected chi connectivity index (χ3v) is 3.84. The Bertz CT molecular complexity index is 694. The molecule has 1 aliphatic rings. The Morgan fingerprint density at radius 3 is 2.83 bits per heavy atom. The molecule has 122 valence electrons. The van der Waals surface area contributed by atoms with Gasteiger partial charge in [-0.2, -0.15) is 4.98 Å². The van der Waals surface area contributed by atoms with Gasteiger partial charge in [0, 0.05) is 31.9 Å². The van der Waals surface area contributed by atoms with E-state index in [0.717, 1.165) is 26.2 Å². The number of hydrogen-bond acceptors (Lipinski definition) is 6. The fourth-order valence-corrected chi connectivity index (χ4v) is 2.60. The molecule has 2 heterocycles. The maximum Gasteiger partial charge on any atom is 0.227 e. The summed E-state index contributed by atoms with van der Waals surface area (Å²) in [5.74, 6) is 0.669. The predicted octanol–water partition coefficient (Wildman–Crippen LogP) is 2.43. The molecule has 1 saturated heterocycles. The van der Waals surface area contributed by atoms with Crippen LogP contribution < -0.4 is 20.3 Å². The van der Waals surface area contributed by atoms with Crippen LogP contribution in [0.3, 0.4) is 0 Å². The number of anilines is 3. The van der Waals surface area contributed by atoms with Gasteiger partial charge in [0.15, 0.2) is 11.6 Å². The van der Waals surface area contributed by atoms with E-state index >= 15 is 0 Å². The lowest BCUT2D eigenvalue weighted by Crippen LogP contribution is -2.44. The van der Waals surface area contributed by atoms with Gasteiger partial charge in [-0.15, -0.1) is 0 Å². The van der Waals surface area contributed by atoms with Crippen molar-refractivity contribution >= 4 is 29.1 Å². The number of aromatic nitrogens is 2. The first-order valence-corrected chi connectivity index (χ1v) is 7.64. The highest BCUT2D eigenvalue weighted by atomic mass is 35.5. The average molecular weight is 338 g/mol. The molecule has 0 aliphatic carbocycles. The smallest absolute Gasteiger partial charge is 0.227 e. The van der Waals surface area contributed by atoms with Gasteiger partial charge < -0.3 is 20.3 Å². The minimum Gasteiger partial charge on any atom is -0.495 e. The molecule has 1 aromatic heterocycles. The molecule has 1 aliphatic heterocycles. The summed E-state index contributed by atoms with van der Waals surface area (Å²) in [6.45, 7) is 3.30. The second-order valence-electron chi connectivity index (χ2n) is 5.08. The monoisotopic (exact) mass is 337 g/mol. The summed E-state index contributed by atoms with van der Waals surface area (Å²) in [5.41, 5.74) is 0.625. The molecular weight excluding hydrogens is 321 g/mol. The molecule has 2 aromatic rings. The van der Waals surface area contributed by atoms with Crippen LogP contribution in [0.15, 0.2) is 24.4 Å². The van der Waals surface area contributed by atoms with Gasteiger partial charge in [-0.3, -0.25) is 0 Å². The molecule has 0 saturated carbocycles. The van der Waals surface area contributed by atoms with Crippen LogP contribution in [0, 0.1) is 5.82 Å². The maximum atomic E-state index is 14.0. The molecule has 1 fully saturated rings. The number of benzene rings is 1. The maximum absolute atomic E-state index is 14.0. The van der Waals surface area contributed by atoms with E-state index in [9.17, 15) is 4.39 Å². The fourth-order valence-electron chi connectivity index (χ4n) is 2.34. The van der Waals surface area contributed by atoms with Crippen LogP contribution in [0.2, 0.25) is 5.02 Å². The van der Waals surface area contributed by atoms with E-state index in [0.29, 0.717) is 22.4 Å². The largest absolute Gasteiger partial charge is 0.495 e. The fraction of sp³-hybridized carbons (Fsp3) is 0.333. The number of halogens is 2. The van der Waals surface area contributed by atoms with Gasteiger partial charge in [-0.25, -0.2) is 9.37 Å². The minimum absolute atomic E-state index is 0.120. The van der Waals surface area contributed by atoms with Gasteiger partial charge in [-0.1, -0.05) is 11.6 Å². The first-order chi connectivity index (χ1) is 11.2. The lowest BCUT2D eigenvalue weighted by molar-refractivity contribution is 0.415. The number of nitrogens with zero attached hydrogens (tertiary/aromatic N) is 3. The van der Waals surface area contributed by atoms with Gasteiger partial charge >= 0.3 is 0 Å². The van der Waals surface area contributed by atoms with Crippen molar-refractivity contribution in [2.45, 2.75) is 0 Å². The van der Waals surface area contributed by atoms with E-state index < -0.39 is 5.82 Å². The molecule has 6 nitrogen and oxygen atoms in total. The van der Waals surface area contributed by atoms with E-state index in [1.54, 1.807) is 18.2 Å². The van der Waals surface area contributed by atoms with Crippen LogP contribution in [-0.4, -0.2) is 43.3 Å². The summed E-state index contributed by atoms with van der Waals surface area (Å²) in [7, 11) is 1.54. The Hall–Kier alpha value is -2.12. The van der Waals surface area contributed by atoms with Crippen LogP contribution in [-0.2, 0) is 0 Å². The van der Waals surface area contributed by atoms with Crippen LogP contribution in [0.4, 0.5) is 21.8 Å². The Morgan fingerprint density at radius 2 is 2.13 bits per heavy atom. The molecule has 0 bridgehead atoms. The van der Waals surface area contributed by atoms with Crippen molar-refractivity contribution in [1.82, 2.24) is 15.3 Å². The normalized spacial score (nSPS) is 14.7. The lowest BCUT2D eigenvalue weighted by atomic mass is 10.3. The predicted molar refractivity (Wildman–Crippen MR) is 88.4 cm³/mol. The first-order valence-electron chi connectivity index (χ1n) is 7.26. The van der Waals surface area contributed by atoms with Crippen LogP contribution in [0.1, 0.15) is 0 Å². The zero-order valence-electron chi connectivity index (χ0n) is 12.6. The van der Waals surface area contributed by atoms with Crippen molar-refractivity contribution in [2.75, 3.05) is 43.5 Å². The van der Waals surface area contributed by atoms with E-state index in [1.807, 2.05) is 4.90 Å². The number of piperazine rings is 1. The molecule has 23 heavy (non-hydrogen) atoms.